The first-order chi connectivity index (χ1) is 7.58. The van der Waals surface area contributed by atoms with Gasteiger partial charge in [0, 0.05) is 5.02 Å². The van der Waals surface area contributed by atoms with E-state index in [0.717, 1.165) is 28.9 Å². The van der Waals surface area contributed by atoms with Gasteiger partial charge in [0.1, 0.15) is 5.75 Å². The molecule has 1 nitrogen and oxygen atoms in total. The fraction of sp³-hybridized carbons (Fsp3) is 0.571. The Morgan fingerprint density at radius 2 is 2.06 bits per heavy atom. The van der Waals surface area contributed by atoms with Crippen molar-refractivity contribution in [3.63, 3.8) is 0 Å². The molecule has 16 heavy (non-hydrogen) atoms. The first-order valence-electron chi connectivity index (χ1n) is 6.00. The van der Waals surface area contributed by atoms with E-state index in [1.807, 2.05) is 6.07 Å². The Balaban J connectivity index is 2.18. The first kappa shape index (κ1) is 11.8. The van der Waals surface area contributed by atoms with Gasteiger partial charge in [-0.05, 0) is 54.9 Å². The number of aryl methyl sites for hydroxylation is 1. The van der Waals surface area contributed by atoms with Crippen LogP contribution in [0.25, 0.3) is 0 Å². The molecule has 1 aliphatic rings. The van der Waals surface area contributed by atoms with E-state index in [9.17, 15) is 0 Å². The predicted molar refractivity (Wildman–Crippen MR) is 68.5 cm³/mol. The maximum absolute atomic E-state index is 6.22. The predicted octanol–water partition coefficient (Wildman–Crippen LogP) is 4.56. The van der Waals surface area contributed by atoms with Gasteiger partial charge >= 0.3 is 0 Å². The second-order valence-electron chi connectivity index (χ2n) is 5.05. The summed E-state index contributed by atoms with van der Waals surface area (Å²) in [7, 11) is 0. The van der Waals surface area contributed by atoms with Crippen LogP contribution < -0.4 is 4.74 Å². The Labute approximate surface area is 103 Å². The topological polar surface area (TPSA) is 9.23 Å². The Bertz CT molecular complexity index is 381. The van der Waals surface area contributed by atoms with Crippen LogP contribution in [0.4, 0.5) is 0 Å². The molecule has 1 aliphatic carbocycles. The van der Waals surface area contributed by atoms with Crippen LogP contribution in [0.15, 0.2) is 12.1 Å². The van der Waals surface area contributed by atoms with Gasteiger partial charge in [0.05, 0.1) is 6.61 Å². The molecule has 0 bridgehead atoms. The minimum atomic E-state index is 0.441. The van der Waals surface area contributed by atoms with Crippen LogP contribution in [-0.2, 0) is 0 Å². The molecule has 0 aliphatic heterocycles. The largest absolute Gasteiger partial charge is 0.493 e. The highest BCUT2D eigenvalue weighted by Crippen LogP contribution is 2.34. The molecule has 1 aromatic rings. The van der Waals surface area contributed by atoms with E-state index < -0.39 is 0 Å². The highest BCUT2D eigenvalue weighted by atomic mass is 35.5. The minimum absolute atomic E-state index is 0.441. The highest BCUT2D eigenvalue weighted by Gasteiger charge is 2.22. The Morgan fingerprint density at radius 1 is 1.38 bits per heavy atom. The van der Waals surface area contributed by atoms with Crippen molar-refractivity contribution in [2.24, 2.45) is 5.92 Å². The van der Waals surface area contributed by atoms with Crippen molar-refractivity contribution in [2.75, 3.05) is 6.61 Å². The Morgan fingerprint density at radius 3 is 2.62 bits per heavy atom. The SMILES string of the molecule is Cc1cc(Cl)c(C(C)C)cc1OCC1CC1. The number of rotatable bonds is 4. The zero-order valence-electron chi connectivity index (χ0n) is 10.2. The molecule has 0 atom stereocenters. The standard InChI is InChI=1S/C14H19ClO/c1-9(2)12-7-14(10(3)6-13(12)15)16-8-11-4-5-11/h6-7,9,11H,4-5,8H2,1-3H3. The number of benzene rings is 1. The average Bonchev–Trinajstić information content (AvgIpc) is 2.99. The summed E-state index contributed by atoms with van der Waals surface area (Å²) in [5.41, 5.74) is 2.31. The molecule has 1 fully saturated rings. The molecule has 2 rings (SSSR count). The van der Waals surface area contributed by atoms with E-state index in [0.29, 0.717) is 5.92 Å². The van der Waals surface area contributed by atoms with Gasteiger partial charge in [-0.15, -0.1) is 0 Å². The van der Waals surface area contributed by atoms with E-state index in [4.69, 9.17) is 16.3 Å². The van der Waals surface area contributed by atoms with Gasteiger partial charge in [0.15, 0.2) is 0 Å². The van der Waals surface area contributed by atoms with Crippen LogP contribution in [0.3, 0.4) is 0 Å². The molecule has 0 N–H and O–H groups in total. The smallest absolute Gasteiger partial charge is 0.122 e. The van der Waals surface area contributed by atoms with Crippen LogP contribution in [0.1, 0.15) is 43.7 Å². The zero-order valence-corrected chi connectivity index (χ0v) is 11.0. The molecule has 0 spiro atoms. The van der Waals surface area contributed by atoms with Crippen LogP contribution in [-0.4, -0.2) is 6.61 Å². The normalized spacial score (nSPS) is 15.6. The van der Waals surface area contributed by atoms with Crippen molar-refractivity contribution in [3.05, 3.63) is 28.3 Å². The molecular formula is C14H19ClO. The molecule has 0 heterocycles. The van der Waals surface area contributed by atoms with E-state index in [1.54, 1.807) is 0 Å². The van der Waals surface area contributed by atoms with E-state index >= 15 is 0 Å². The second kappa shape index (κ2) is 4.67. The van der Waals surface area contributed by atoms with Gasteiger partial charge in [-0.3, -0.25) is 0 Å². The lowest BCUT2D eigenvalue weighted by atomic mass is 10.0. The van der Waals surface area contributed by atoms with E-state index in [2.05, 4.69) is 26.8 Å². The molecular weight excluding hydrogens is 220 g/mol. The minimum Gasteiger partial charge on any atom is -0.493 e. The molecule has 1 saturated carbocycles. The summed E-state index contributed by atoms with van der Waals surface area (Å²) in [4.78, 5) is 0. The van der Waals surface area contributed by atoms with Crippen LogP contribution in [0.5, 0.6) is 5.75 Å². The molecule has 0 radical (unpaired) electrons. The van der Waals surface area contributed by atoms with Crippen molar-refractivity contribution in [1.29, 1.82) is 0 Å². The van der Waals surface area contributed by atoms with Gasteiger partial charge in [0.2, 0.25) is 0 Å². The molecule has 1 aromatic carbocycles. The van der Waals surface area contributed by atoms with Crippen molar-refractivity contribution >= 4 is 11.6 Å². The second-order valence-corrected chi connectivity index (χ2v) is 5.46. The van der Waals surface area contributed by atoms with Crippen LogP contribution in [0.2, 0.25) is 5.02 Å². The summed E-state index contributed by atoms with van der Waals surface area (Å²) in [6.07, 6.45) is 2.65. The maximum atomic E-state index is 6.22. The lowest BCUT2D eigenvalue weighted by molar-refractivity contribution is 0.297. The molecule has 0 aromatic heterocycles. The number of halogens is 1. The van der Waals surface area contributed by atoms with Gasteiger partial charge < -0.3 is 4.74 Å². The fourth-order valence-electron chi connectivity index (χ4n) is 1.76. The van der Waals surface area contributed by atoms with Crippen molar-refractivity contribution < 1.29 is 4.74 Å². The third kappa shape index (κ3) is 2.70. The first-order valence-corrected chi connectivity index (χ1v) is 6.38. The number of hydrogen-bond donors (Lipinski definition) is 0. The Kier molecular flexibility index (Phi) is 3.44. The van der Waals surface area contributed by atoms with Gasteiger partial charge in [-0.2, -0.15) is 0 Å². The summed E-state index contributed by atoms with van der Waals surface area (Å²) in [5, 5.41) is 0.853. The molecule has 0 unspecified atom stereocenters. The molecule has 2 heteroatoms. The summed E-state index contributed by atoms with van der Waals surface area (Å²) in [6, 6.07) is 4.11. The monoisotopic (exact) mass is 238 g/mol. The third-order valence-corrected chi connectivity index (χ3v) is 3.42. The summed E-state index contributed by atoms with van der Waals surface area (Å²) < 4.78 is 5.85. The van der Waals surface area contributed by atoms with Crippen LogP contribution in [0, 0.1) is 12.8 Å². The van der Waals surface area contributed by atoms with Crippen molar-refractivity contribution in [2.45, 2.75) is 39.5 Å². The molecule has 0 saturated heterocycles. The number of hydrogen-bond acceptors (Lipinski definition) is 1. The van der Waals surface area contributed by atoms with Gasteiger partial charge in [-0.25, -0.2) is 0 Å². The zero-order chi connectivity index (χ0) is 11.7. The van der Waals surface area contributed by atoms with Gasteiger partial charge in [0.25, 0.3) is 0 Å². The van der Waals surface area contributed by atoms with Crippen LogP contribution >= 0.6 is 11.6 Å². The van der Waals surface area contributed by atoms with E-state index in [1.165, 1.54) is 18.4 Å². The van der Waals surface area contributed by atoms with Gasteiger partial charge in [-0.1, -0.05) is 25.4 Å². The lowest BCUT2D eigenvalue weighted by Crippen LogP contribution is -2.02. The quantitative estimate of drug-likeness (QED) is 0.747. The molecule has 88 valence electrons. The summed E-state index contributed by atoms with van der Waals surface area (Å²) in [5.74, 6) is 2.23. The third-order valence-electron chi connectivity index (χ3n) is 3.09. The highest BCUT2D eigenvalue weighted by molar-refractivity contribution is 6.31. The average molecular weight is 239 g/mol. The van der Waals surface area contributed by atoms with Crippen molar-refractivity contribution in [1.82, 2.24) is 0 Å². The Hall–Kier alpha value is -0.690. The summed E-state index contributed by atoms with van der Waals surface area (Å²) in [6.45, 7) is 7.22. The fourth-order valence-corrected chi connectivity index (χ4v) is 2.20. The van der Waals surface area contributed by atoms with Crippen molar-refractivity contribution in [3.8, 4) is 5.75 Å². The maximum Gasteiger partial charge on any atom is 0.122 e. The summed E-state index contributed by atoms with van der Waals surface area (Å²) >= 11 is 6.22. The lowest BCUT2D eigenvalue weighted by Gasteiger charge is -2.14. The number of ether oxygens (including phenoxy) is 1. The molecule has 0 amide bonds. The van der Waals surface area contributed by atoms with E-state index in [-0.39, 0.29) is 0 Å².